The quantitative estimate of drug-likeness (QED) is 0.837. The van der Waals surface area contributed by atoms with Crippen LogP contribution in [0.25, 0.3) is 0 Å². The lowest BCUT2D eigenvalue weighted by Crippen LogP contribution is -2.37. The van der Waals surface area contributed by atoms with Crippen molar-refractivity contribution >= 4 is 16.7 Å². The summed E-state index contributed by atoms with van der Waals surface area (Å²) in [5, 5.41) is 0.853. The SMILES string of the molecule is Cc1nsc(N2CCCC(COc3ncccc3C(F)(F)F)C2)n1. The van der Waals surface area contributed by atoms with E-state index >= 15 is 0 Å². The zero-order valence-electron chi connectivity index (χ0n) is 13.1. The molecule has 3 heterocycles. The summed E-state index contributed by atoms with van der Waals surface area (Å²) in [6.07, 6.45) is -1.31. The van der Waals surface area contributed by atoms with Crippen LogP contribution in [0.15, 0.2) is 18.3 Å². The van der Waals surface area contributed by atoms with Gasteiger partial charge in [-0.1, -0.05) is 0 Å². The van der Waals surface area contributed by atoms with Gasteiger partial charge in [-0.15, -0.1) is 0 Å². The minimum absolute atomic E-state index is 0.131. The van der Waals surface area contributed by atoms with Crippen LogP contribution in [0.1, 0.15) is 24.2 Å². The Labute approximate surface area is 141 Å². The Morgan fingerprint density at radius 3 is 2.96 bits per heavy atom. The highest BCUT2D eigenvalue weighted by Gasteiger charge is 2.35. The molecule has 0 saturated carbocycles. The molecule has 0 N–H and O–H groups in total. The van der Waals surface area contributed by atoms with Gasteiger partial charge in [0, 0.05) is 36.7 Å². The molecule has 9 heteroatoms. The molecule has 0 bridgehead atoms. The Kier molecular flexibility index (Phi) is 4.88. The third-order valence-corrected chi connectivity index (χ3v) is 4.71. The second-order valence-electron chi connectivity index (χ2n) is 5.74. The number of aromatic nitrogens is 3. The Morgan fingerprint density at radius 2 is 2.25 bits per heavy atom. The number of nitrogens with zero attached hydrogens (tertiary/aromatic N) is 4. The molecule has 0 spiro atoms. The van der Waals surface area contributed by atoms with Crippen LogP contribution < -0.4 is 9.64 Å². The van der Waals surface area contributed by atoms with Crippen molar-refractivity contribution in [2.75, 3.05) is 24.6 Å². The summed E-state index contributed by atoms with van der Waals surface area (Å²) < 4.78 is 48.4. The lowest BCUT2D eigenvalue weighted by atomic mass is 9.99. The largest absolute Gasteiger partial charge is 0.477 e. The van der Waals surface area contributed by atoms with Crippen LogP contribution in [0.3, 0.4) is 0 Å². The van der Waals surface area contributed by atoms with Gasteiger partial charge in [-0.3, -0.25) is 0 Å². The van der Waals surface area contributed by atoms with Crippen molar-refractivity contribution in [1.29, 1.82) is 0 Å². The first-order chi connectivity index (χ1) is 11.4. The summed E-state index contributed by atoms with van der Waals surface area (Å²) in [6.45, 7) is 3.62. The molecular weight excluding hydrogens is 341 g/mol. The summed E-state index contributed by atoms with van der Waals surface area (Å²) >= 11 is 1.34. The lowest BCUT2D eigenvalue weighted by molar-refractivity contribution is -0.139. The number of ether oxygens (including phenoxy) is 1. The standard InChI is InChI=1S/C15H17F3N4OS/c1-10-20-14(24-21-10)22-7-3-4-11(8-22)9-23-13-12(15(16,17)18)5-2-6-19-13/h2,5-6,11H,3-4,7-9H2,1H3. The van der Waals surface area contributed by atoms with Gasteiger partial charge in [0.2, 0.25) is 11.0 Å². The van der Waals surface area contributed by atoms with Crippen molar-refractivity contribution in [3.05, 3.63) is 29.7 Å². The molecule has 2 aromatic rings. The van der Waals surface area contributed by atoms with E-state index in [1.165, 1.54) is 23.8 Å². The maximum atomic E-state index is 13.0. The van der Waals surface area contributed by atoms with Crippen molar-refractivity contribution in [2.45, 2.75) is 25.9 Å². The molecule has 1 aliphatic heterocycles. The van der Waals surface area contributed by atoms with E-state index in [0.717, 1.165) is 36.4 Å². The van der Waals surface area contributed by atoms with Gasteiger partial charge in [0.25, 0.3) is 0 Å². The zero-order valence-corrected chi connectivity index (χ0v) is 13.9. The molecule has 0 radical (unpaired) electrons. The maximum Gasteiger partial charge on any atom is 0.421 e. The van der Waals surface area contributed by atoms with Gasteiger partial charge in [-0.25, -0.2) is 9.97 Å². The molecule has 1 atom stereocenters. The molecule has 0 amide bonds. The van der Waals surface area contributed by atoms with E-state index < -0.39 is 11.7 Å². The Balaban J connectivity index is 1.63. The van der Waals surface area contributed by atoms with Crippen molar-refractivity contribution in [2.24, 2.45) is 5.92 Å². The van der Waals surface area contributed by atoms with E-state index in [2.05, 4.69) is 19.2 Å². The van der Waals surface area contributed by atoms with Crippen LogP contribution in [0, 0.1) is 12.8 Å². The third kappa shape index (κ3) is 3.95. The number of halogens is 3. The Bertz CT molecular complexity index is 691. The number of pyridine rings is 1. The first-order valence-electron chi connectivity index (χ1n) is 7.64. The smallest absolute Gasteiger partial charge is 0.421 e. The Morgan fingerprint density at radius 1 is 1.42 bits per heavy atom. The summed E-state index contributed by atoms with van der Waals surface area (Å²) in [4.78, 5) is 10.2. The van der Waals surface area contributed by atoms with Crippen molar-refractivity contribution in [3.8, 4) is 5.88 Å². The highest BCUT2D eigenvalue weighted by atomic mass is 32.1. The average molecular weight is 358 g/mol. The van der Waals surface area contributed by atoms with E-state index in [9.17, 15) is 13.2 Å². The first kappa shape index (κ1) is 16.9. The van der Waals surface area contributed by atoms with Crippen LogP contribution in [0.2, 0.25) is 0 Å². The van der Waals surface area contributed by atoms with Gasteiger partial charge in [0.1, 0.15) is 11.4 Å². The summed E-state index contributed by atoms with van der Waals surface area (Å²) in [5.41, 5.74) is -0.836. The number of hydrogen-bond acceptors (Lipinski definition) is 6. The fraction of sp³-hybridized carbons (Fsp3) is 0.533. The van der Waals surface area contributed by atoms with Crippen LogP contribution in [0.5, 0.6) is 5.88 Å². The summed E-state index contributed by atoms with van der Waals surface area (Å²) in [6, 6.07) is 2.25. The number of alkyl halides is 3. The second kappa shape index (κ2) is 6.92. The van der Waals surface area contributed by atoms with Gasteiger partial charge in [-0.2, -0.15) is 17.5 Å². The molecule has 5 nitrogen and oxygen atoms in total. The van der Waals surface area contributed by atoms with Gasteiger partial charge < -0.3 is 9.64 Å². The summed E-state index contributed by atoms with van der Waals surface area (Å²) in [7, 11) is 0. The van der Waals surface area contributed by atoms with Crippen LogP contribution in [-0.4, -0.2) is 34.0 Å². The van der Waals surface area contributed by atoms with E-state index in [1.807, 2.05) is 6.92 Å². The van der Waals surface area contributed by atoms with Crippen LogP contribution in [-0.2, 0) is 6.18 Å². The topological polar surface area (TPSA) is 51.1 Å². The fourth-order valence-electron chi connectivity index (χ4n) is 2.71. The molecule has 3 rings (SSSR count). The number of aryl methyl sites for hydroxylation is 1. The van der Waals surface area contributed by atoms with Gasteiger partial charge in [0.05, 0.1) is 6.61 Å². The molecule has 1 saturated heterocycles. The molecular formula is C15H17F3N4OS. The second-order valence-corrected chi connectivity index (χ2v) is 6.47. The molecule has 1 aliphatic rings. The van der Waals surface area contributed by atoms with Crippen LogP contribution in [0.4, 0.5) is 18.3 Å². The zero-order chi connectivity index (χ0) is 17.2. The van der Waals surface area contributed by atoms with E-state index in [1.54, 1.807) is 0 Å². The lowest BCUT2D eigenvalue weighted by Gasteiger charge is -2.32. The van der Waals surface area contributed by atoms with E-state index in [0.29, 0.717) is 6.54 Å². The molecule has 1 fully saturated rings. The van der Waals surface area contributed by atoms with Gasteiger partial charge >= 0.3 is 6.18 Å². The molecule has 1 unspecified atom stereocenters. The van der Waals surface area contributed by atoms with Gasteiger partial charge in [-0.05, 0) is 31.9 Å². The highest BCUT2D eigenvalue weighted by Crippen LogP contribution is 2.35. The average Bonchev–Trinajstić information content (AvgIpc) is 2.99. The predicted octanol–water partition coefficient (Wildman–Crippen LogP) is 3.56. The molecule has 0 aromatic carbocycles. The van der Waals surface area contributed by atoms with E-state index in [4.69, 9.17) is 4.74 Å². The normalized spacial score (nSPS) is 18.7. The highest BCUT2D eigenvalue weighted by molar-refractivity contribution is 7.09. The molecule has 0 aliphatic carbocycles. The monoisotopic (exact) mass is 358 g/mol. The molecule has 130 valence electrons. The maximum absolute atomic E-state index is 13.0. The van der Waals surface area contributed by atoms with Crippen molar-refractivity contribution in [1.82, 2.24) is 14.3 Å². The number of rotatable bonds is 4. The van der Waals surface area contributed by atoms with Crippen molar-refractivity contribution in [3.63, 3.8) is 0 Å². The minimum atomic E-state index is -4.47. The number of anilines is 1. The fourth-order valence-corrected chi connectivity index (χ4v) is 3.42. The first-order valence-corrected chi connectivity index (χ1v) is 8.41. The van der Waals surface area contributed by atoms with Gasteiger partial charge in [0.15, 0.2) is 0 Å². The molecule has 2 aromatic heterocycles. The van der Waals surface area contributed by atoms with Crippen LogP contribution >= 0.6 is 11.5 Å². The number of hydrogen-bond donors (Lipinski definition) is 0. The number of piperidine rings is 1. The minimum Gasteiger partial charge on any atom is -0.477 e. The van der Waals surface area contributed by atoms with Crippen molar-refractivity contribution < 1.29 is 17.9 Å². The summed E-state index contributed by atoms with van der Waals surface area (Å²) in [5.74, 6) is 0.511. The third-order valence-electron chi connectivity index (χ3n) is 3.84. The Hall–Kier alpha value is -1.90. The molecule has 24 heavy (non-hydrogen) atoms. The predicted molar refractivity (Wildman–Crippen MR) is 84.3 cm³/mol. The van der Waals surface area contributed by atoms with E-state index in [-0.39, 0.29) is 18.4 Å².